The molecular weight excluding hydrogens is 248 g/mol. The van der Waals surface area contributed by atoms with Gasteiger partial charge in [-0.2, -0.15) is 0 Å². The summed E-state index contributed by atoms with van der Waals surface area (Å²) in [5.74, 6) is 0.856. The summed E-state index contributed by atoms with van der Waals surface area (Å²) in [6.07, 6.45) is 0.149. The number of hydrogen-bond acceptors (Lipinski definition) is 5. The molecule has 0 N–H and O–H groups in total. The fraction of sp³-hybridized carbons (Fsp3) is 0.429. The SMILES string of the molecule is COCCC(=O)CC(=O)c1ccc2c(c1)OCCO2. The first kappa shape index (κ1) is 13.5. The van der Waals surface area contributed by atoms with Crippen molar-refractivity contribution in [3.8, 4) is 11.5 Å². The lowest BCUT2D eigenvalue weighted by Crippen LogP contribution is -2.16. The average molecular weight is 264 g/mol. The summed E-state index contributed by atoms with van der Waals surface area (Å²) >= 11 is 0. The fourth-order valence-electron chi connectivity index (χ4n) is 1.80. The van der Waals surface area contributed by atoms with Gasteiger partial charge >= 0.3 is 0 Å². The third-order valence-corrected chi connectivity index (χ3v) is 2.81. The van der Waals surface area contributed by atoms with E-state index in [4.69, 9.17) is 14.2 Å². The van der Waals surface area contributed by atoms with E-state index in [0.717, 1.165) is 0 Å². The second-order valence-electron chi connectivity index (χ2n) is 4.24. The van der Waals surface area contributed by atoms with E-state index >= 15 is 0 Å². The molecule has 19 heavy (non-hydrogen) atoms. The third-order valence-electron chi connectivity index (χ3n) is 2.81. The van der Waals surface area contributed by atoms with Gasteiger partial charge in [0.15, 0.2) is 17.3 Å². The highest BCUT2D eigenvalue weighted by atomic mass is 16.6. The van der Waals surface area contributed by atoms with Crippen LogP contribution >= 0.6 is 0 Å². The molecule has 1 aromatic carbocycles. The molecule has 0 saturated heterocycles. The Balaban J connectivity index is 2.01. The number of benzene rings is 1. The number of ketones is 2. The van der Waals surface area contributed by atoms with E-state index < -0.39 is 0 Å². The molecule has 102 valence electrons. The molecule has 0 spiro atoms. The zero-order chi connectivity index (χ0) is 13.7. The van der Waals surface area contributed by atoms with E-state index in [1.54, 1.807) is 18.2 Å². The second-order valence-corrected chi connectivity index (χ2v) is 4.24. The molecule has 1 heterocycles. The van der Waals surface area contributed by atoms with E-state index in [1.165, 1.54) is 7.11 Å². The van der Waals surface area contributed by atoms with Crippen molar-refractivity contribution in [2.45, 2.75) is 12.8 Å². The van der Waals surface area contributed by atoms with Gasteiger partial charge in [-0.15, -0.1) is 0 Å². The van der Waals surface area contributed by atoms with Gasteiger partial charge in [0.1, 0.15) is 19.0 Å². The van der Waals surface area contributed by atoms with Crippen molar-refractivity contribution in [3.63, 3.8) is 0 Å². The first-order valence-corrected chi connectivity index (χ1v) is 6.14. The van der Waals surface area contributed by atoms with Crippen molar-refractivity contribution in [1.82, 2.24) is 0 Å². The number of carbonyl (C=O) groups excluding carboxylic acids is 2. The smallest absolute Gasteiger partial charge is 0.170 e. The molecule has 0 aliphatic carbocycles. The lowest BCUT2D eigenvalue weighted by molar-refractivity contribution is -0.119. The van der Waals surface area contributed by atoms with Gasteiger partial charge < -0.3 is 14.2 Å². The van der Waals surface area contributed by atoms with Crippen molar-refractivity contribution in [2.75, 3.05) is 26.9 Å². The van der Waals surface area contributed by atoms with Crippen LogP contribution in [-0.4, -0.2) is 38.5 Å². The quantitative estimate of drug-likeness (QED) is 0.577. The van der Waals surface area contributed by atoms with E-state index in [1.807, 2.05) is 0 Å². The number of fused-ring (bicyclic) bond motifs is 1. The van der Waals surface area contributed by atoms with Gasteiger partial charge in [-0.05, 0) is 18.2 Å². The second kappa shape index (κ2) is 6.33. The lowest BCUT2D eigenvalue weighted by Gasteiger charge is -2.18. The molecule has 0 aromatic heterocycles. The van der Waals surface area contributed by atoms with Gasteiger partial charge in [-0.1, -0.05) is 0 Å². The third kappa shape index (κ3) is 3.54. The van der Waals surface area contributed by atoms with Crippen LogP contribution < -0.4 is 9.47 Å². The molecule has 1 aliphatic heterocycles. The Labute approximate surface area is 111 Å². The van der Waals surface area contributed by atoms with Crippen LogP contribution in [0.1, 0.15) is 23.2 Å². The Morgan fingerprint density at radius 3 is 2.68 bits per heavy atom. The zero-order valence-corrected chi connectivity index (χ0v) is 10.8. The normalized spacial score (nSPS) is 13.1. The van der Waals surface area contributed by atoms with Gasteiger partial charge in [0.25, 0.3) is 0 Å². The van der Waals surface area contributed by atoms with Crippen LogP contribution in [0.25, 0.3) is 0 Å². The van der Waals surface area contributed by atoms with Gasteiger partial charge in [0.05, 0.1) is 13.0 Å². The number of carbonyl (C=O) groups is 2. The van der Waals surface area contributed by atoms with Crippen molar-refractivity contribution in [2.24, 2.45) is 0 Å². The summed E-state index contributed by atoms with van der Waals surface area (Å²) in [6, 6.07) is 4.97. The molecule has 1 aromatic rings. The molecule has 5 heteroatoms. The fourth-order valence-corrected chi connectivity index (χ4v) is 1.80. The Morgan fingerprint density at radius 1 is 1.21 bits per heavy atom. The zero-order valence-electron chi connectivity index (χ0n) is 10.8. The molecule has 2 rings (SSSR count). The van der Waals surface area contributed by atoms with Crippen molar-refractivity contribution in [3.05, 3.63) is 23.8 Å². The number of ether oxygens (including phenoxy) is 3. The summed E-state index contributed by atoms with van der Waals surface area (Å²) in [5, 5.41) is 0. The number of Topliss-reactive ketones (excluding diaryl/α,β-unsaturated/α-hetero) is 2. The highest BCUT2D eigenvalue weighted by molar-refractivity contribution is 6.08. The van der Waals surface area contributed by atoms with E-state index in [9.17, 15) is 9.59 Å². The van der Waals surface area contributed by atoms with E-state index in [2.05, 4.69) is 0 Å². The highest BCUT2D eigenvalue weighted by Gasteiger charge is 2.16. The summed E-state index contributed by atoms with van der Waals surface area (Å²) in [5.41, 5.74) is 0.468. The van der Waals surface area contributed by atoms with Crippen LogP contribution in [0.5, 0.6) is 11.5 Å². The maximum atomic E-state index is 11.9. The number of rotatable bonds is 6. The van der Waals surface area contributed by atoms with Gasteiger partial charge in [-0.3, -0.25) is 9.59 Å². The summed E-state index contributed by atoms with van der Waals surface area (Å²) in [4.78, 5) is 23.5. The van der Waals surface area contributed by atoms with Crippen LogP contribution in [0, 0.1) is 0 Å². The minimum atomic E-state index is -0.210. The van der Waals surface area contributed by atoms with E-state index in [-0.39, 0.29) is 24.4 Å². The molecular formula is C14H16O5. The maximum Gasteiger partial charge on any atom is 0.170 e. The molecule has 0 atom stereocenters. The molecule has 0 unspecified atom stereocenters. The first-order chi connectivity index (χ1) is 9.20. The predicted molar refractivity (Wildman–Crippen MR) is 67.9 cm³/mol. The first-order valence-electron chi connectivity index (χ1n) is 6.14. The molecule has 0 amide bonds. The van der Waals surface area contributed by atoms with Crippen LogP contribution in [0.3, 0.4) is 0 Å². The van der Waals surface area contributed by atoms with Crippen LogP contribution in [0.2, 0.25) is 0 Å². The van der Waals surface area contributed by atoms with Gasteiger partial charge in [-0.25, -0.2) is 0 Å². The van der Waals surface area contributed by atoms with Crippen LogP contribution in [0.15, 0.2) is 18.2 Å². The topological polar surface area (TPSA) is 61.8 Å². The Bertz CT molecular complexity index is 481. The minimum absolute atomic E-state index is 0.108. The molecule has 1 aliphatic rings. The van der Waals surface area contributed by atoms with Gasteiger partial charge in [0.2, 0.25) is 0 Å². The van der Waals surface area contributed by atoms with Crippen molar-refractivity contribution in [1.29, 1.82) is 0 Å². The molecule has 5 nitrogen and oxygen atoms in total. The summed E-state index contributed by atoms with van der Waals surface area (Å²) < 4.78 is 15.6. The van der Waals surface area contributed by atoms with Crippen molar-refractivity contribution < 1.29 is 23.8 Å². The lowest BCUT2D eigenvalue weighted by atomic mass is 10.0. The monoisotopic (exact) mass is 264 g/mol. The summed E-state index contributed by atoms with van der Waals surface area (Å²) in [6.45, 7) is 1.32. The van der Waals surface area contributed by atoms with Crippen LogP contribution in [-0.2, 0) is 9.53 Å². The van der Waals surface area contributed by atoms with E-state index in [0.29, 0.717) is 36.9 Å². The molecule has 0 radical (unpaired) electrons. The Morgan fingerprint density at radius 2 is 1.95 bits per heavy atom. The standard InChI is InChI=1S/C14H16O5/c1-17-5-4-11(15)9-12(16)10-2-3-13-14(8-10)19-7-6-18-13/h2-3,8H,4-7,9H2,1H3. The van der Waals surface area contributed by atoms with Gasteiger partial charge in [0, 0.05) is 19.1 Å². The molecule has 0 fully saturated rings. The Kier molecular flexibility index (Phi) is 4.52. The average Bonchev–Trinajstić information content (AvgIpc) is 2.44. The highest BCUT2D eigenvalue weighted by Crippen LogP contribution is 2.31. The maximum absolute atomic E-state index is 11.9. The van der Waals surface area contributed by atoms with Crippen molar-refractivity contribution >= 4 is 11.6 Å². The minimum Gasteiger partial charge on any atom is -0.486 e. The molecule has 0 saturated carbocycles. The Hall–Kier alpha value is -1.88. The summed E-state index contributed by atoms with van der Waals surface area (Å²) in [7, 11) is 1.52. The largest absolute Gasteiger partial charge is 0.486 e. The molecule has 0 bridgehead atoms. The van der Waals surface area contributed by atoms with Crippen LogP contribution in [0.4, 0.5) is 0 Å². The predicted octanol–water partition coefficient (Wildman–Crippen LogP) is 1.64. The number of hydrogen-bond donors (Lipinski definition) is 0. The number of methoxy groups -OCH3 is 1.